The van der Waals surface area contributed by atoms with E-state index in [1.165, 1.54) is 6.42 Å². The summed E-state index contributed by atoms with van der Waals surface area (Å²) in [5, 5.41) is 0. The summed E-state index contributed by atoms with van der Waals surface area (Å²) in [6.07, 6.45) is 3.08. The van der Waals surface area contributed by atoms with E-state index in [9.17, 15) is 4.79 Å². The number of amides is 1. The number of nitrogens with zero attached hydrogens (tertiary/aromatic N) is 1. The third-order valence-corrected chi connectivity index (χ3v) is 1.76. The monoisotopic (exact) mass is 185 g/mol. The Morgan fingerprint density at radius 1 is 1.38 bits per heavy atom. The van der Waals surface area contributed by atoms with Crippen LogP contribution in [0.5, 0.6) is 0 Å². The number of hydrogen-bond acceptors (Lipinski definition) is 1. The summed E-state index contributed by atoms with van der Waals surface area (Å²) >= 11 is 0. The van der Waals surface area contributed by atoms with E-state index in [0.29, 0.717) is 11.8 Å². The van der Waals surface area contributed by atoms with Crippen LogP contribution in [0.4, 0.5) is 0 Å². The molecule has 1 amide bonds. The third kappa shape index (κ3) is 5.67. The fourth-order valence-corrected chi connectivity index (χ4v) is 1.34. The summed E-state index contributed by atoms with van der Waals surface area (Å²) in [5.41, 5.74) is 0. The zero-order valence-corrected chi connectivity index (χ0v) is 9.47. The molecule has 0 aromatic rings. The Bertz CT molecular complexity index is 143. The number of rotatable bonds is 2. The van der Waals surface area contributed by atoms with Crippen molar-refractivity contribution in [3.05, 3.63) is 0 Å². The number of likely N-dealkylation sites (tertiary alicyclic amines) is 1. The summed E-state index contributed by atoms with van der Waals surface area (Å²) in [6, 6.07) is 0. The zero-order valence-electron chi connectivity index (χ0n) is 9.47. The first-order chi connectivity index (χ1) is 6.11. The van der Waals surface area contributed by atoms with Crippen LogP contribution in [0.1, 0.15) is 47.0 Å². The molecule has 0 aromatic carbocycles. The molecule has 0 spiro atoms. The summed E-state index contributed by atoms with van der Waals surface area (Å²) in [4.78, 5) is 13.0. The Morgan fingerprint density at radius 2 is 1.92 bits per heavy atom. The lowest BCUT2D eigenvalue weighted by molar-refractivity contribution is -0.128. The van der Waals surface area contributed by atoms with Crippen LogP contribution < -0.4 is 0 Å². The Hall–Kier alpha value is -0.530. The first kappa shape index (κ1) is 12.5. The van der Waals surface area contributed by atoms with E-state index in [0.717, 1.165) is 25.9 Å². The highest BCUT2D eigenvalue weighted by molar-refractivity contribution is 5.78. The van der Waals surface area contributed by atoms with E-state index in [1.54, 1.807) is 0 Å². The van der Waals surface area contributed by atoms with Gasteiger partial charge in [0, 0.05) is 19.5 Å². The van der Waals surface area contributed by atoms with E-state index < -0.39 is 0 Å². The van der Waals surface area contributed by atoms with Gasteiger partial charge in [0.2, 0.25) is 5.91 Å². The summed E-state index contributed by atoms with van der Waals surface area (Å²) in [5.74, 6) is 0.954. The molecule has 0 bridgehead atoms. The van der Waals surface area contributed by atoms with E-state index in [4.69, 9.17) is 0 Å². The molecule has 0 unspecified atom stereocenters. The molecule has 0 aromatic heterocycles. The van der Waals surface area contributed by atoms with Gasteiger partial charge in [-0.25, -0.2) is 0 Å². The fraction of sp³-hybridized carbons (Fsp3) is 0.909. The van der Waals surface area contributed by atoms with Crippen LogP contribution in [-0.2, 0) is 4.79 Å². The third-order valence-electron chi connectivity index (χ3n) is 1.76. The van der Waals surface area contributed by atoms with Crippen LogP contribution in [-0.4, -0.2) is 23.9 Å². The van der Waals surface area contributed by atoms with Crippen LogP contribution in [0.25, 0.3) is 0 Å². The van der Waals surface area contributed by atoms with Gasteiger partial charge in [0.25, 0.3) is 0 Å². The maximum Gasteiger partial charge on any atom is 0.222 e. The van der Waals surface area contributed by atoms with Gasteiger partial charge in [-0.2, -0.15) is 0 Å². The van der Waals surface area contributed by atoms with Crippen LogP contribution in [0.15, 0.2) is 0 Å². The smallest absolute Gasteiger partial charge is 0.222 e. The molecule has 1 rings (SSSR count). The lowest BCUT2D eigenvalue weighted by atomic mass is 10.2. The Kier molecular flexibility index (Phi) is 6.65. The van der Waals surface area contributed by atoms with E-state index in [2.05, 4.69) is 27.7 Å². The molecule has 0 saturated carbocycles. The lowest BCUT2D eigenvalue weighted by Crippen LogP contribution is -2.28. The van der Waals surface area contributed by atoms with Crippen LogP contribution in [0.2, 0.25) is 0 Å². The van der Waals surface area contributed by atoms with Gasteiger partial charge in [0.05, 0.1) is 0 Å². The Labute approximate surface area is 82.3 Å². The summed E-state index contributed by atoms with van der Waals surface area (Å²) in [7, 11) is 0. The highest BCUT2D eigenvalue weighted by Crippen LogP contribution is 2.11. The van der Waals surface area contributed by atoms with E-state index in [-0.39, 0.29) is 0 Å². The molecular weight excluding hydrogens is 162 g/mol. The topological polar surface area (TPSA) is 20.3 Å². The van der Waals surface area contributed by atoms with Crippen molar-refractivity contribution >= 4 is 5.91 Å². The van der Waals surface area contributed by atoms with Gasteiger partial charge in [-0.15, -0.1) is 0 Å². The number of carbonyl (C=O) groups is 1. The first-order valence-electron chi connectivity index (χ1n) is 5.39. The second kappa shape index (κ2) is 6.93. The molecule has 0 aliphatic carbocycles. The quantitative estimate of drug-likeness (QED) is 0.647. The zero-order chi connectivity index (χ0) is 10.3. The maximum absolute atomic E-state index is 11.0. The van der Waals surface area contributed by atoms with Crippen LogP contribution >= 0.6 is 0 Å². The minimum atomic E-state index is 0.341. The largest absolute Gasteiger partial charge is 0.342 e. The number of hydrogen-bond donors (Lipinski definition) is 0. The van der Waals surface area contributed by atoms with Gasteiger partial charge in [-0.05, 0) is 12.3 Å². The van der Waals surface area contributed by atoms with Crippen molar-refractivity contribution in [3.8, 4) is 0 Å². The van der Waals surface area contributed by atoms with Gasteiger partial charge in [-0.3, -0.25) is 4.79 Å². The van der Waals surface area contributed by atoms with Crippen molar-refractivity contribution in [1.82, 2.24) is 4.90 Å². The highest BCUT2D eigenvalue weighted by Gasteiger charge is 2.19. The minimum absolute atomic E-state index is 0.341. The van der Waals surface area contributed by atoms with Crippen molar-refractivity contribution in [2.24, 2.45) is 5.92 Å². The molecule has 1 aliphatic heterocycles. The van der Waals surface area contributed by atoms with Crippen molar-refractivity contribution in [3.63, 3.8) is 0 Å². The highest BCUT2D eigenvalue weighted by atomic mass is 16.2. The number of carbonyl (C=O) groups excluding carboxylic acids is 1. The predicted octanol–water partition coefficient (Wildman–Crippen LogP) is 2.68. The van der Waals surface area contributed by atoms with E-state index >= 15 is 0 Å². The summed E-state index contributed by atoms with van der Waals surface area (Å²) in [6.45, 7) is 10.5. The van der Waals surface area contributed by atoms with Crippen molar-refractivity contribution < 1.29 is 4.79 Å². The van der Waals surface area contributed by atoms with Crippen molar-refractivity contribution in [2.45, 2.75) is 47.0 Å². The molecule has 13 heavy (non-hydrogen) atoms. The maximum atomic E-state index is 11.0. The average Bonchev–Trinajstić information content (AvgIpc) is 2.37. The normalized spacial score (nSPS) is 16.1. The Morgan fingerprint density at radius 3 is 2.23 bits per heavy atom. The van der Waals surface area contributed by atoms with Crippen LogP contribution in [0, 0.1) is 5.92 Å². The predicted molar refractivity (Wildman–Crippen MR) is 56.6 cm³/mol. The van der Waals surface area contributed by atoms with Crippen molar-refractivity contribution in [1.29, 1.82) is 0 Å². The molecule has 1 heterocycles. The molecule has 2 heteroatoms. The van der Waals surface area contributed by atoms with Crippen LogP contribution in [0.3, 0.4) is 0 Å². The lowest BCUT2D eigenvalue weighted by Gasteiger charge is -2.17. The molecule has 78 valence electrons. The fourth-order valence-electron chi connectivity index (χ4n) is 1.34. The van der Waals surface area contributed by atoms with Gasteiger partial charge >= 0.3 is 0 Å². The standard InChI is InChI=1S/C8H15NO.C3H8/c1-7(2)6-9-5-3-4-8(9)10;1-3-2/h7H,3-6H2,1-2H3;3H2,1-2H3. The second-order valence-corrected chi connectivity index (χ2v) is 4.04. The molecule has 1 aliphatic rings. The van der Waals surface area contributed by atoms with Crippen molar-refractivity contribution in [2.75, 3.05) is 13.1 Å². The Balaban J connectivity index is 0.000000424. The second-order valence-electron chi connectivity index (χ2n) is 4.04. The molecule has 0 atom stereocenters. The average molecular weight is 185 g/mol. The van der Waals surface area contributed by atoms with Gasteiger partial charge < -0.3 is 4.90 Å². The van der Waals surface area contributed by atoms with E-state index in [1.807, 2.05) is 4.90 Å². The SMILES string of the molecule is CC(C)CN1CCCC1=O.CCC. The molecule has 1 fully saturated rings. The molecular formula is C11H23NO. The molecule has 1 saturated heterocycles. The van der Waals surface area contributed by atoms with Gasteiger partial charge in [0.15, 0.2) is 0 Å². The van der Waals surface area contributed by atoms with Gasteiger partial charge in [-0.1, -0.05) is 34.1 Å². The minimum Gasteiger partial charge on any atom is -0.342 e. The van der Waals surface area contributed by atoms with Gasteiger partial charge in [0.1, 0.15) is 0 Å². The molecule has 0 radical (unpaired) electrons. The first-order valence-corrected chi connectivity index (χ1v) is 5.39. The summed E-state index contributed by atoms with van der Waals surface area (Å²) < 4.78 is 0. The molecule has 2 nitrogen and oxygen atoms in total. The molecule has 0 N–H and O–H groups in total.